The zero-order valence-corrected chi connectivity index (χ0v) is 18.9. The highest BCUT2D eigenvalue weighted by Gasteiger charge is 2.29. The molecular formula is C24H25N5O5. The third-order valence-electron chi connectivity index (χ3n) is 5.37. The van der Waals surface area contributed by atoms with Gasteiger partial charge in [0.05, 0.1) is 30.9 Å². The second kappa shape index (κ2) is 10.2. The van der Waals surface area contributed by atoms with Gasteiger partial charge in [-0.1, -0.05) is 12.1 Å². The molecule has 10 nitrogen and oxygen atoms in total. The van der Waals surface area contributed by atoms with E-state index < -0.39 is 0 Å². The topological polar surface area (TPSA) is 106 Å². The Morgan fingerprint density at radius 1 is 1.06 bits per heavy atom. The van der Waals surface area contributed by atoms with Crippen LogP contribution in [0.3, 0.4) is 0 Å². The monoisotopic (exact) mass is 463 g/mol. The van der Waals surface area contributed by atoms with Gasteiger partial charge in [-0.25, -0.2) is 4.68 Å². The molecule has 3 aromatic rings. The predicted molar refractivity (Wildman–Crippen MR) is 125 cm³/mol. The van der Waals surface area contributed by atoms with Crippen LogP contribution in [0.1, 0.15) is 10.4 Å². The molecule has 0 atom stereocenters. The van der Waals surface area contributed by atoms with Crippen molar-refractivity contribution in [2.45, 2.75) is 0 Å². The maximum atomic E-state index is 13.1. The third-order valence-corrected chi connectivity index (χ3v) is 5.37. The second-order valence-corrected chi connectivity index (χ2v) is 7.68. The number of hydrogen-bond donors (Lipinski definition) is 1. The van der Waals surface area contributed by atoms with Crippen LogP contribution in [0.5, 0.6) is 5.75 Å². The van der Waals surface area contributed by atoms with E-state index in [0.29, 0.717) is 35.8 Å². The lowest BCUT2D eigenvalue weighted by Crippen LogP contribution is -2.52. The molecule has 0 saturated carbocycles. The van der Waals surface area contributed by atoms with Crippen LogP contribution < -0.4 is 15.0 Å². The highest BCUT2D eigenvalue weighted by Crippen LogP contribution is 2.23. The Hall–Kier alpha value is -4.18. The molecule has 34 heavy (non-hydrogen) atoms. The molecule has 176 valence electrons. The van der Waals surface area contributed by atoms with Gasteiger partial charge in [0.25, 0.3) is 5.91 Å². The molecule has 2 heterocycles. The summed E-state index contributed by atoms with van der Waals surface area (Å²) in [5, 5.41) is 6.93. The number of piperazine rings is 1. The summed E-state index contributed by atoms with van der Waals surface area (Å²) in [5.41, 5.74) is 2.35. The van der Waals surface area contributed by atoms with Crippen LogP contribution in [0.25, 0.3) is 5.69 Å². The standard InChI is InChI=1S/C24H25N5O5/c1-33-16-22(30)26-18-13-25-29(14-18)20-7-3-5-17(11-20)24(32)27-9-10-28(23(31)15-27)19-6-4-8-21(12-19)34-2/h3-8,11-14H,9-10,15-16H2,1-2H3,(H,26,30). The van der Waals surface area contributed by atoms with E-state index in [1.807, 2.05) is 18.2 Å². The molecule has 0 aliphatic carbocycles. The zero-order chi connectivity index (χ0) is 24.1. The Bertz CT molecular complexity index is 1210. The van der Waals surface area contributed by atoms with Crippen LogP contribution in [-0.2, 0) is 14.3 Å². The number of methoxy groups -OCH3 is 2. The quantitative estimate of drug-likeness (QED) is 0.574. The first kappa shape index (κ1) is 23.0. The van der Waals surface area contributed by atoms with Gasteiger partial charge < -0.3 is 24.6 Å². The van der Waals surface area contributed by atoms with Gasteiger partial charge in [-0.2, -0.15) is 5.10 Å². The lowest BCUT2D eigenvalue weighted by Gasteiger charge is -2.34. The summed E-state index contributed by atoms with van der Waals surface area (Å²) in [4.78, 5) is 40.8. The van der Waals surface area contributed by atoms with E-state index in [0.717, 1.165) is 5.69 Å². The number of ether oxygens (including phenoxy) is 2. The maximum Gasteiger partial charge on any atom is 0.254 e. The average molecular weight is 463 g/mol. The summed E-state index contributed by atoms with van der Waals surface area (Å²) in [6.07, 6.45) is 3.16. The highest BCUT2D eigenvalue weighted by molar-refractivity contribution is 6.02. The number of amides is 3. The van der Waals surface area contributed by atoms with Crippen molar-refractivity contribution in [2.75, 3.05) is 50.7 Å². The highest BCUT2D eigenvalue weighted by atomic mass is 16.5. The number of anilines is 2. The van der Waals surface area contributed by atoms with E-state index in [2.05, 4.69) is 10.4 Å². The van der Waals surface area contributed by atoms with Crippen molar-refractivity contribution < 1.29 is 23.9 Å². The molecule has 2 aromatic carbocycles. The minimum Gasteiger partial charge on any atom is -0.497 e. The number of nitrogens with zero attached hydrogens (tertiary/aromatic N) is 4. The smallest absolute Gasteiger partial charge is 0.254 e. The van der Waals surface area contributed by atoms with Crippen molar-refractivity contribution in [2.24, 2.45) is 0 Å². The molecule has 10 heteroatoms. The van der Waals surface area contributed by atoms with Crippen molar-refractivity contribution in [3.63, 3.8) is 0 Å². The Kier molecular flexibility index (Phi) is 6.88. The molecule has 0 radical (unpaired) electrons. The summed E-state index contributed by atoms with van der Waals surface area (Å²) in [6, 6.07) is 14.3. The third kappa shape index (κ3) is 5.07. The van der Waals surface area contributed by atoms with Crippen LogP contribution in [0.4, 0.5) is 11.4 Å². The number of benzene rings is 2. The summed E-state index contributed by atoms with van der Waals surface area (Å²) in [5.74, 6) is -0.0156. The fraction of sp³-hybridized carbons (Fsp3) is 0.250. The Morgan fingerprint density at radius 2 is 1.85 bits per heavy atom. The Morgan fingerprint density at radius 3 is 2.62 bits per heavy atom. The van der Waals surface area contributed by atoms with Crippen LogP contribution in [0.15, 0.2) is 60.9 Å². The molecule has 1 saturated heterocycles. The molecule has 3 amide bonds. The van der Waals surface area contributed by atoms with E-state index in [4.69, 9.17) is 9.47 Å². The van der Waals surface area contributed by atoms with E-state index in [9.17, 15) is 14.4 Å². The predicted octanol–water partition coefficient (Wildman–Crippen LogP) is 1.95. The molecule has 1 fully saturated rings. The van der Waals surface area contributed by atoms with Gasteiger partial charge >= 0.3 is 0 Å². The summed E-state index contributed by atoms with van der Waals surface area (Å²) in [6.45, 7) is 0.723. The van der Waals surface area contributed by atoms with Gasteiger partial charge in [-0.05, 0) is 30.3 Å². The van der Waals surface area contributed by atoms with Gasteiger partial charge in [0.15, 0.2) is 0 Å². The molecule has 1 aliphatic heterocycles. The zero-order valence-electron chi connectivity index (χ0n) is 18.9. The van der Waals surface area contributed by atoms with Crippen LogP contribution in [0.2, 0.25) is 0 Å². The average Bonchev–Trinajstić information content (AvgIpc) is 3.32. The first-order valence-corrected chi connectivity index (χ1v) is 10.7. The van der Waals surface area contributed by atoms with Crippen LogP contribution in [-0.4, -0.2) is 72.9 Å². The fourth-order valence-electron chi connectivity index (χ4n) is 3.72. The molecule has 1 N–H and O–H groups in total. The molecule has 0 bridgehead atoms. The molecular weight excluding hydrogens is 438 g/mol. The van der Waals surface area contributed by atoms with E-state index in [-0.39, 0.29) is 30.9 Å². The van der Waals surface area contributed by atoms with E-state index in [1.54, 1.807) is 53.2 Å². The van der Waals surface area contributed by atoms with E-state index in [1.165, 1.54) is 18.2 Å². The minimum absolute atomic E-state index is 0.0162. The lowest BCUT2D eigenvalue weighted by atomic mass is 10.1. The van der Waals surface area contributed by atoms with Crippen molar-refractivity contribution >= 4 is 29.1 Å². The van der Waals surface area contributed by atoms with Gasteiger partial charge in [0.1, 0.15) is 18.9 Å². The Labute approximate surface area is 196 Å². The molecule has 1 aliphatic rings. The van der Waals surface area contributed by atoms with Crippen molar-refractivity contribution in [3.8, 4) is 11.4 Å². The van der Waals surface area contributed by atoms with Crippen molar-refractivity contribution in [1.82, 2.24) is 14.7 Å². The van der Waals surface area contributed by atoms with Crippen LogP contribution >= 0.6 is 0 Å². The number of rotatable bonds is 7. The number of hydrogen-bond acceptors (Lipinski definition) is 6. The number of carbonyl (C=O) groups is 3. The number of nitrogens with one attached hydrogen (secondary N) is 1. The summed E-state index contributed by atoms with van der Waals surface area (Å²) >= 11 is 0. The number of carbonyl (C=O) groups excluding carboxylic acids is 3. The molecule has 0 unspecified atom stereocenters. The maximum absolute atomic E-state index is 13.1. The van der Waals surface area contributed by atoms with Gasteiger partial charge in [0, 0.05) is 37.5 Å². The first-order chi connectivity index (χ1) is 16.5. The molecule has 1 aromatic heterocycles. The van der Waals surface area contributed by atoms with Gasteiger partial charge in [-0.15, -0.1) is 0 Å². The Balaban J connectivity index is 1.44. The normalized spacial score (nSPS) is 13.6. The van der Waals surface area contributed by atoms with Crippen molar-refractivity contribution in [3.05, 3.63) is 66.5 Å². The SMILES string of the molecule is COCC(=O)Nc1cnn(-c2cccc(C(=O)N3CCN(c4cccc(OC)c4)C(=O)C3)c2)c1. The van der Waals surface area contributed by atoms with Crippen molar-refractivity contribution in [1.29, 1.82) is 0 Å². The molecule has 4 rings (SSSR count). The minimum atomic E-state index is -0.288. The summed E-state index contributed by atoms with van der Waals surface area (Å²) in [7, 11) is 3.02. The first-order valence-electron chi connectivity index (χ1n) is 10.7. The molecule has 0 spiro atoms. The largest absolute Gasteiger partial charge is 0.497 e. The lowest BCUT2D eigenvalue weighted by molar-refractivity contribution is -0.121. The van der Waals surface area contributed by atoms with Crippen LogP contribution in [0, 0.1) is 0 Å². The van der Waals surface area contributed by atoms with Gasteiger partial charge in [0.2, 0.25) is 11.8 Å². The van der Waals surface area contributed by atoms with E-state index >= 15 is 0 Å². The van der Waals surface area contributed by atoms with Gasteiger partial charge in [-0.3, -0.25) is 14.4 Å². The summed E-state index contributed by atoms with van der Waals surface area (Å²) < 4.78 is 11.6. The second-order valence-electron chi connectivity index (χ2n) is 7.68. The number of aromatic nitrogens is 2. The fourth-order valence-corrected chi connectivity index (χ4v) is 3.72.